The van der Waals surface area contributed by atoms with Gasteiger partial charge in [0.1, 0.15) is 15.9 Å². The van der Waals surface area contributed by atoms with Crippen molar-refractivity contribution in [2.24, 2.45) is 15.4 Å². The highest BCUT2D eigenvalue weighted by Crippen LogP contribution is 2.25. The number of rotatable bonds is 5. The van der Waals surface area contributed by atoms with Crippen LogP contribution in [0.5, 0.6) is 0 Å². The summed E-state index contributed by atoms with van der Waals surface area (Å²) >= 11 is 6.79. The summed E-state index contributed by atoms with van der Waals surface area (Å²) in [6.07, 6.45) is -0.438. The van der Waals surface area contributed by atoms with Gasteiger partial charge in [-0.1, -0.05) is 25.4 Å². The van der Waals surface area contributed by atoms with Gasteiger partial charge in [-0.3, -0.25) is 4.79 Å². The van der Waals surface area contributed by atoms with E-state index in [0.717, 1.165) is 11.3 Å². The van der Waals surface area contributed by atoms with E-state index in [1.807, 2.05) is 13.8 Å². The van der Waals surface area contributed by atoms with Crippen molar-refractivity contribution in [1.29, 1.82) is 0 Å². The molecular formula is C15H24ClN3O4S2. The second-order valence-corrected chi connectivity index (χ2v) is 10.6. The topological polar surface area (TPSA) is 111 Å². The second-order valence-electron chi connectivity index (χ2n) is 6.89. The van der Waals surface area contributed by atoms with Crippen LogP contribution < -0.4 is 10.5 Å². The number of nitrogens with two attached hydrogens (primary N) is 1. The van der Waals surface area contributed by atoms with Crippen LogP contribution in [0.2, 0.25) is 4.34 Å². The van der Waals surface area contributed by atoms with E-state index in [-0.39, 0.29) is 10.1 Å². The van der Waals surface area contributed by atoms with Crippen LogP contribution in [0.3, 0.4) is 0 Å². The standard InChI is InChI=1S/C15H24ClN3O4S2/c1-9(2)8-10(18-14(21)23-15(3,4)5)13(20)19-25(17,22)12-7-6-11(16)24-12/h6-7,9-10H,8H2,1-5H3,(H,18,21)(H2,17,19,20,22)/t10-,25?/m0/s1. The minimum absolute atomic E-state index is 0.0871. The third-order valence-electron chi connectivity index (χ3n) is 2.76. The van der Waals surface area contributed by atoms with Gasteiger partial charge in [0.05, 0.1) is 4.34 Å². The van der Waals surface area contributed by atoms with Crippen LogP contribution in [0.1, 0.15) is 41.0 Å². The Balaban J connectivity index is 3.02. The summed E-state index contributed by atoms with van der Waals surface area (Å²) in [6, 6.07) is 2.01. The Bertz CT molecular complexity index is 746. The SMILES string of the molecule is CC(C)C[C@H](NC(=O)OC(C)(C)C)C(=O)N=S(N)(=O)c1ccc(Cl)s1. The van der Waals surface area contributed by atoms with E-state index in [4.69, 9.17) is 21.5 Å². The predicted molar refractivity (Wildman–Crippen MR) is 100.0 cm³/mol. The monoisotopic (exact) mass is 409 g/mol. The molecule has 2 atom stereocenters. The number of ether oxygens (including phenoxy) is 1. The fraction of sp³-hybridized carbons (Fsp3) is 0.600. The van der Waals surface area contributed by atoms with Crippen molar-refractivity contribution in [3.63, 3.8) is 0 Å². The van der Waals surface area contributed by atoms with Crippen LogP contribution in [-0.2, 0) is 19.4 Å². The van der Waals surface area contributed by atoms with E-state index in [1.54, 1.807) is 20.8 Å². The summed E-state index contributed by atoms with van der Waals surface area (Å²) < 4.78 is 21.9. The van der Waals surface area contributed by atoms with Crippen LogP contribution in [0.25, 0.3) is 0 Å². The number of halogens is 1. The first-order valence-corrected chi connectivity index (χ1v) is 10.4. The molecule has 0 bridgehead atoms. The molecule has 0 aliphatic heterocycles. The molecule has 1 heterocycles. The van der Waals surface area contributed by atoms with Crippen molar-refractivity contribution in [3.05, 3.63) is 16.5 Å². The van der Waals surface area contributed by atoms with Crippen molar-refractivity contribution < 1.29 is 18.5 Å². The summed E-state index contributed by atoms with van der Waals surface area (Å²) in [4.78, 5) is 24.4. The molecule has 1 unspecified atom stereocenters. The number of thiophene rings is 1. The first kappa shape index (κ1) is 21.9. The zero-order chi connectivity index (χ0) is 19.4. The van der Waals surface area contributed by atoms with Crippen molar-refractivity contribution >= 4 is 44.9 Å². The first-order chi connectivity index (χ1) is 11.3. The Labute approximate surface area is 157 Å². The zero-order valence-corrected chi connectivity index (χ0v) is 17.3. The van der Waals surface area contributed by atoms with Crippen molar-refractivity contribution in [3.8, 4) is 0 Å². The largest absolute Gasteiger partial charge is 0.444 e. The van der Waals surface area contributed by atoms with Gasteiger partial charge in [0.2, 0.25) is 0 Å². The Morgan fingerprint density at radius 3 is 2.44 bits per heavy atom. The number of nitrogens with zero attached hydrogens (tertiary/aromatic N) is 1. The highest BCUT2D eigenvalue weighted by Gasteiger charge is 2.26. The molecule has 1 aromatic heterocycles. The molecule has 1 rings (SSSR count). The Hall–Kier alpha value is -1.16. The molecule has 0 saturated carbocycles. The van der Waals surface area contributed by atoms with E-state index in [1.165, 1.54) is 12.1 Å². The lowest BCUT2D eigenvalue weighted by Gasteiger charge is -2.23. The summed E-state index contributed by atoms with van der Waals surface area (Å²) in [5, 5.41) is 8.18. The van der Waals surface area contributed by atoms with Gasteiger partial charge in [-0.25, -0.2) is 14.1 Å². The molecule has 10 heteroatoms. The van der Waals surface area contributed by atoms with Crippen molar-refractivity contribution in [2.45, 2.75) is 56.9 Å². The summed E-state index contributed by atoms with van der Waals surface area (Å²) in [6.45, 7) is 8.90. The van der Waals surface area contributed by atoms with Gasteiger partial charge in [0.15, 0.2) is 9.92 Å². The van der Waals surface area contributed by atoms with Crippen LogP contribution in [0, 0.1) is 5.92 Å². The van der Waals surface area contributed by atoms with Gasteiger partial charge in [-0.05, 0) is 45.2 Å². The lowest BCUT2D eigenvalue weighted by molar-refractivity contribution is -0.120. The maximum atomic E-state index is 12.5. The van der Waals surface area contributed by atoms with Crippen LogP contribution in [-0.4, -0.2) is 27.9 Å². The van der Waals surface area contributed by atoms with Crippen molar-refractivity contribution in [1.82, 2.24) is 5.32 Å². The zero-order valence-electron chi connectivity index (χ0n) is 14.9. The number of nitrogens with one attached hydrogen (secondary N) is 1. The molecule has 2 amide bonds. The van der Waals surface area contributed by atoms with Crippen LogP contribution in [0.4, 0.5) is 4.79 Å². The number of alkyl carbamates (subject to hydrolysis) is 1. The van der Waals surface area contributed by atoms with Gasteiger partial charge in [-0.15, -0.1) is 15.7 Å². The lowest BCUT2D eigenvalue weighted by atomic mass is 10.0. The average molecular weight is 410 g/mol. The molecule has 0 aliphatic rings. The van der Waals surface area contributed by atoms with Gasteiger partial charge >= 0.3 is 6.09 Å². The van der Waals surface area contributed by atoms with Crippen LogP contribution >= 0.6 is 22.9 Å². The Morgan fingerprint density at radius 2 is 2.00 bits per heavy atom. The van der Waals surface area contributed by atoms with Crippen molar-refractivity contribution in [2.75, 3.05) is 0 Å². The van der Waals surface area contributed by atoms with Gasteiger partial charge in [-0.2, -0.15) is 0 Å². The van der Waals surface area contributed by atoms with E-state index < -0.39 is 33.6 Å². The number of carbonyl (C=O) groups excluding carboxylic acids is 2. The molecule has 0 spiro atoms. The summed E-state index contributed by atoms with van der Waals surface area (Å²) in [7, 11) is -3.42. The van der Waals surface area contributed by atoms with E-state index in [2.05, 4.69) is 9.68 Å². The maximum Gasteiger partial charge on any atom is 0.408 e. The fourth-order valence-electron chi connectivity index (χ4n) is 1.84. The fourth-order valence-corrected chi connectivity index (χ4v) is 4.36. The smallest absolute Gasteiger partial charge is 0.408 e. The molecule has 7 nitrogen and oxygen atoms in total. The normalized spacial score (nSPS) is 15.4. The van der Waals surface area contributed by atoms with E-state index in [0.29, 0.717) is 10.8 Å². The van der Waals surface area contributed by atoms with Gasteiger partial charge in [0, 0.05) is 0 Å². The Kier molecular flexibility index (Phi) is 7.42. The number of hydrogen-bond acceptors (Lipinski definition) is 5. The minimum Gasteiger partial charge on any atom is -0.444 e. The third kappa shape index (κ3) is 7.72. The molecule has 3 N–H and O–H groups in total. The van der Waals surface area contributed by atoms with E-state index in [9.17, 15) is 13.8 Å². The summed E-state index contributed by atoms with van der Waals surface area (Å²) in [5.41, 5.74) is -0.707. The lowest BCUT2D eigenvalue weighted by Crippen LogP contribution is -2.44. The second kappa shape index (κ2) is 8.48. The van der Waals surface area contributed by atoms with E-state index >= 15 is 0 Å². The summed E-state index contributed by atoms with van der Waals surface area (Å²) in [5.74, 6) is -0.680. The maximum absolute atomic E-state index is 12.5. The molecule has 0 saturated heterocycles. The number of hydrogen-bond donors (Lipinski definition) is 2. The minimum atomic E-state index is -3.42. The highest BCUT2D eigenvalue weighted by molar-refractivity contribution is 7.93. The first-order valence-electron chi connectivity index (χ1n) is 7.64. The average Bonchev–Trinajstić information content (AvgIpc) is 2.82. The number of amides is 2. The molecule has 0 radical (unpaired) electrons. The van der Waals surface area contributed by atoms with Gasteiger partial charge in [0.25, 0.3) is 5.91 Å². The van der Waals surface area contributed by atoms with Crippen LogP contribution in [0.15, 0.2) is 20.7 Å². The Morgan fingerprint density at radius 1 is 1.40 bits per heavy atom. The molecule has 1 aromatic rings. The molecule has 0 aromatic carbocycles. The molecule has 0 aliphatic carbocycles. The third-order valence-corrected chi connectivity index (χ3v) is 5.91. The molecule has 0 fully saturated rings. The molecule has 142 valence electrons. The molecular weight excluding hydrogens is 386 g/mol. The molecule has 25 heavy (non-hydrogen) atoms. The quantitative estimate of drug-likeness (QED) is 0.774. The predicted octanol–water partition coefficient (Wildman–Crippen LogP) is 3.57. The number of carbonyl (C=O) groups is 2. The highest BCUT2D eigenvalue weighted by atomic mass is 35.5. The van der Waals surface area contributed by atoms with Gasteiger partial charge < -0.3 is 10.1 Å².